The summed E-state index contributed by atoms with van der Waals surface area (Å²) in [7, 11) is 3.80. The average Bonchev–Trinajstić information content (AvgIpc) is 3.07. The SMILES string of the molecule is CCNC(=NCCc1cccc(OC)c1)N(C)CC1CCOC1. The molecule has 1 N–H and O–H groups in total. The first kappa shape index (κ1) is 17.6. The van der Waals surface area contributed by atoms with Gasteiger partial charge in [-0.05, 0) is 37.5 Å². The lowest BCUT2D eigenvalue weighted by Gasteiger charge is -2.24. The van der Waals surface area contributed by atoms with Crippen molar-refractivity contribution in [3.05, 3.63) is 29.8 Å². The van der Waals surface area contributed by atoms with Crippen LogP contribution in [0.1, 0.15) is 18.9 Å². The van der Waals surface area contributed by atoms with E-state index < -0.39 is 0 Å². The fourth-order valence-corrected chi connectivity index (χ4v) is 2.79. The first-order valence-electron chi connectivity index (χ1n) is 8.43. The zero-order chi connectivity index (χ0) is 16.5. The maximum Gasteiger partial charge on any atom is 0.193 e. The minimum Gasteiger partial charge on any atom is -0.497 e. The van der Waals surface area contributed by atoms with Crippen molar-refractivity contribution < 1.29 is 9.47 Å². The predicted molar refractivity (Wildman–Crippen MR) is 94.2 cm³/mol. The molecule has 1 aliphatic rings. The maximum atomic E-state index is 5.46. The van der Waals surface area contributed by atoms with Crippen LogP contribution in [0.5, 0.6) is 5.75 Å². The second-order valence-corrected chi connectivity index (χ2v) is 5.95. The number of guanidine groups is 1. The van der Waals surface area contributed by atoms with E-state index in [1.807, 2.05) is 12.1 Å². The number of benzene rings is 1. The molecule has 1 saturated heterocycles. The van der Waals surface area contributed by atoms with E-state index in [-0.39, 0.29) is 0 Å². The summed E-state index contributed by atoms with van der Waals surface area (Å²) in [5, 5.41) is 3.38. The molecule has 0 aromatic heterocycles. The molecule has 1 heterocycles. The molecule has 0 saturated carbocycles. The van der Waals surface area contributed by atoms with Crippen LogP contribution in [0.3, 0.4) is 0 Å². The van der Waals surface area contributed by atoms with Gasteiger partial charge in [0.25, 0.3) is 0 Å². The molecule has 5 nitrogen and oxygen atoms in total. The Hall–Kier alpha value is -1.75. The Morgan fingerprint density at radius 1 is 1.48 bits per heavy atom. The van der Waals surface area contributed by atoms with Gasteiger partial charge in [0.15, 0.2) is 5.96 Å². The monoisotopic (exact) mass is 319 g/mol. The summed E-state index contributed by atoms with van der Waals surface area (Å²) in [5.74, 6) is 2.49. The Bertz CT molecular complexity index is 499. The normalized spacial score (nSPS) is 18.0. The van der Waals surface area contributed by atoms with Crippen molar-refractivity contribution in [3.63, 3.8) is 0 Å². The van der Waals surface area contributed by atoms with Crippen LogP contribution in [0, 0.1) is 5.92 Å². The fourth-order valence-electron chi connectivity index (χ4n) is 2.79. The third kappa shape index (κ3) is 5.75. The van der Waals surface area contributed by atoms with Gasteiger partial charge >= 0.3 is 0 Å². The van der Waals surface area contributed by atoms with Crippen LogP contribution in [-0.2, 0) is 11.2 Å². The highest BCUT2D eigenvalue weighted by atomic mass is 16.5. The number of nitrogens with one attached hydrogen (secondary N) is 1. The van der Waals surface area contributed by atoms with Crippen LogP contribution in [0.25, 0.3) is 0 Å². The standard InChI is InChI=1S/C18H29N3O2/c1-4-19-18(21(2)13-16-9-11-23-14-16)20-10-8-15-6-5-7-17(12-15)22-3/h5-7,12,16H,4,8-11,13-14H2,1-3H3,(H,19,20). The number of aliphatic imine (C=N–C) groups is 1. The number of ether oxygens (including phenoxy) is 2. The second kappa shape index (κ2) is 9.40. The van der Waals surface area contributed by atoms with Gasteiger partial charge in [-0.25, -0.2) is 0 Å². The van der Waals surface area contributed by atoms with Crippen LogP contribution >= 0.6 is 0 Å². The van der Waals surface area contributed by atoms with Gasteiger partial charge in [-0.2, -0.15) is 0 Å². The molecule has 0 aliphatic carbocycles. The van der Waals surface area contributed by atoms with Crippen LogP contribution in [0.2, 0.25) is 0 Å². The van der Waals surface area contributed by atoms with E-state index in [0.29, 0.717) is 5.92 Å². The lowest BCUT2D eigenvalue weighted by atomic mass is 10.1. The van der Waals surface area contributed by atoms with Crippen molar-refractivity contribution in [3.8, 4) is 5.75 Å². The van der Waals surface area contributed by atoms with Gasteiger partial charge in [0.1, 0.15) is 5.75 Å². The van der Waals surface area contributed by atoms with Gasteiger partial charge in [0, 0.05) is 39.2 Å². The molecule has 1 aromatic carbocycles. The smallest absolute Gasteiger partial charge is 0.193 e. The van der Waals surface area contributed by atoms with Crippen molar-refractivity contribution in [2.24, 2.45) is 10.9 Å². The molecule has 1 aromatic rings. The lowest BCUT2D eigenvalue weighted by Crippen LogP contribution is -2.41. The van der Waals surface area contributed by atoms with E-state index in [1.54, 1.807) is 7.11 Å². The second-order valence-electron chi connectivity index (χ2n) is 5.95. The van der Waals surface area contributed by atoms with Gasteiger partial charge < -0.3 is 19.7 Å². The Morgan fingerprint density at radius 2 is 2.35 bits per heavy atom. The number of hydrogen-bond acceptors (Lipinski definition) is 3. The third-order valence-electron chi connectivity index (χ3n) is 4.05. The molecule has 23 heavy (non-hydrogen) atoms. The van der Waals surface area contributed by atoms with Crippen molar-refractivity contribution in [2.45, 2.75) is 19.8 Å². The zero-order valence-corrected chi connectivity index (χ0v) is 14.5. The van der Waals surface area contributed by atoms with Gasteiger partial charge in [-0.1, -0.05) is 12.1 Å². The summed E-state index contributed by atoms with van der Waals surface area (Å²) in [6.07, 6.45) is 2.06. The van der Waals surface area contributed by atoms with E-state index in [2.05, 4.69) is 36.3 Å². The van der Waals surface area contributed by atoms with Crippen LogP contribution < -0.4 is 10.1 Å². The topological polar surface area (TPSA) is 46.1 Å². The Labute approximate surface area is 139 Å². The first-order chi connectivity index (χ1) is 11.2. The summed E-state index contributed by atoms with van der Waals surface area (Å²) < 4.78 is 10.7. The molecule has 0 spiro atoms. The number of methoxy groups -OCH3 is 1. The summed E-state index contributed by atoms with van der Waals surface area (Å²) >= 11 is 0. The summed E-state index contributed by atoms with van der Waals surface area (Å²) in [6, 6.07) is 8.18. The molecule has 0 radical (unpaired) electrons. The van der Waals surface area contributed by atoms with Crippen molar-refractivity contribution in [1.29, 1.82) is 0 Å². The van der Waals surface area contributed by atoms with E-state index in [1.165, 1.54) is 5.56 Å². The maximum absolute atomic E-state index is 5.46. The molecule has 2 rings (SSSR count). The van der Waals surface area contributed by atoms with Crippen LogP contribution in [0.4, 0.5) is 0 Å². The number of nitrogens with zero attached hydrogens (tertiary/aromatic N) is 2. The first-order valence-corrected chi connectivity index (χ1v) is 8.43. The molecule has 1 fully saturated rings. The lowest BCUT2D eigenvalue weighted by molar-refractivity contribution is 0.181. The molecule has 128 valence electrons. The molecular formula is C18H29N3O2. The zero-order valence-electron chi connectivity index (χ0n) is 14.5. The molecule has 1 atom stereocenters. The summed E-state index contributed by atoms with van der Waals surface area (Å²) in [6.45, 7) is 6.50. The van der Waals surface area contributed by atoms with Gasteiger partial charge in [-0.15, -0.1) is 0 Å². The molecular weight excluding hydrogens is 290 g/mol. The average molecular weight is 319 g/mol. The van der Waals surface area contributed by atoms with E-state index >= 15 is 0 Å². The minimum atomic E-state index is 0.613. The molecule has 1 aliphatic heterocycles. The number of rotatable bonds is 7. The largest absolute Gasteiger partial charge is 0.497 e. The number of hydrogen-bond donors (Lipinski definition) is 1. The van der Waals surface area contributed by atoms with E-state index in [9.17, 15) is 0 Å². The van der Waals surface area contributed by atoms with Crippen LogP contribution in [-0.4, -0.2) is 57.9 Å². The summed E-state index contributed by atoms with van der Waals surface area (Å²) in [4.78, 5) is 6.97. The minimum absolute atomic E-state index is 0.613. The summed E-state index contributed by atoms with van der Waals surface area (Å²) in [5.41, 5.74) is 1.25. The molecule has 5 heteroatoms. The quantitative estimate of drug-likeness (QED) is 0.618. The van der Waals surface area contributed by atoms with E-state index in [0.717, 1.165) is 57.4 Å². The molecule has 0 amide bonds. The van der Waals surface area contributed by atoms with Crippen molar-refractivity contribution in [2.75, 3.05) is 47.0 Å². The highest BCUT2D eigenvalue weighted by molar-refractivity contribution is 5.79. The van der Waals surface area contributed by atoms with Gasteiger partial charge in [-0.3, -0.25) is 4.99 Å². The highest BCUT2D eigenvalue weighted by Crippen LogP contribution is 2.14. The van der Waals surface area contributed by atoms with Gasteiger partial charge in [0.2, 0.25) is 0 Å². The molecule has 1 unspecified atom stereocenters. The van der Waals surface area contributed by atoms with Gasteiger partial charge in [0.05, 0.1) is 13.7 Å². The Balaban J connectivity index is 1.89. The highest BCUT2D eigenvalue weighted by Gasteiger charge is 2.18. The fraction of sp³-hybridized carbons (Fsp3) is 0.611. The third-order valence-corrected chi connectivity index (χ3v) is 4.05. The van der Waals surface area contributed by atoms with Crippen molar-refractivity contribution in [1.82, 2.24) is 10.2 Å². The van der Waals surface area contributed by atoms with E-state index in [4.69, 9.17) is 14.5 Å². The van der Waals surface area contributed by atoms with Crippen LogP contribution in [0.15, 0.2) is 29.3 Å². The predicted octanol–water partition coefficient (Wildman–Crippen LogP) is 2.17. The Kier molecular flexibility index (Phi) is 7.20. The van der Waals surface area contributed by atoms with Crippen molar-refractivity contribution >= 4 is 5.96 Å². The molecule has 0 bridgehead atoms. The Morgan fingerprint density at radius 3 is 3.04 bits per heavy atom.